The van der Waals surface area contributed by atoms with E-state index in [0.717, 1.165) is 15.1 Å². The molecule has 0 radical (unpaired) electrons. The highest BCUT2D eigenvalue weighted by Gasteiger charge is 2.34. The largest absolute Gasteiger partial charge is 0.331 e. The van der Waals surface area contributed by atoms with Crippen LogP contribution in [0.15, 0.2) is 53.0 Å². The van der Waals surface area contributed by atoms with E-state index < -0.39 is 0 Å². The standard InChI is InChI=1S/C18H14BrN3O3S/c19-13-7-3-4-8-14(13)20-18(26)21-15(23)9-10-22-16(24)11-5-1-2-6-12(11)17(22)25/h1-8H,9-10H2,(H2,20,21,23,26). The lowest BCUT2D eigenvalue weighted by atomic mass is 10.1. The molecule has 0 bridgehead atoms. The van der Waals surface area contributed by atoms with Crippen LogP contribution in [0.5, 0.6) is 0 Å². The predicted octanol–water partition coefficient (Wildman–Crippen LogP) is 2.95. The highest BCUT2D eigenvalue weighted by Crippen LogP contribution is 2.22. The molecule has 3 amide bonds. The number of halogens is 1. The van der Waals surface area contributed by atoms with E-state index in [0.29, 0.717) is 11.1 Å². The first-order valence-electron chi connectivity index (χ1n) is 7.78. The summed E-state index contributed by atoms with van der Waals surface area (Å²) in [5.74, 6) is -1.15. The molecule has 0 saturated carbocycles. The lowest BCUT2D eigenvalue weighted by Crippen LogP contribution is -2.38. The molecule has 0 spiro atoms. The summed E-state index contributed by atoms with van der Waals surface area (Å²) in [5.41, 5.74) is 1.45. The second kappa shape index (κ2) is 7.76. The third-order valence-electron chi connectivity index (χ3n) is 3.82. The number of benzene rings is 2. The summed E-state index contributed by atoms with van der Waals surface area (Å²) < 4.78 is 0.808. The molecule has 0 fully saturated rings. The van der Waals surface area contributed by atoms with E-state index in [-0.39, 0.29) is 35.8 Å². The Morgan fingerprint density at radius 3 is 2.19 bits per heavy atom. The van der Waals surface area contributed by atoms with Gasteiger partial charge in [-0.1, -0.05) is 24.3 Å². The monoisotopic (exact) mass is 431 g/mol. The van der Waals surface area contributed by atoms with Crippen molar-refractivity contribution >= 4 is 56.7 Å². The molecule has 2 N–H and O–H groups in total. The van der Waals surface area contributed by atoms with Crippen LogP contribution in [-0.2, 0) is 4.79 Å². The van der Waals surface area contributed by atoms with Crippen molar-refractivity contribution in [1.29, 1.82) is 0 Å². The van der Waals surface area contributed by atoms with Gasteiger partial charge in [0.15, 0.2) is 5.11 Å². The molecule has 1 aliphatic heterocycles. The van der Waals surface area contributed by atoms with Crippen LogP contribution in [0.25, 0.3) is 0 Å². The van der Waals surface area contributed by atoms with Gasteiger partial charge in [-0.15, -0.1) is 0 Å². The molecule has 0 aliphatic carbocycles. The maximum Gasteiger partial charge on any atom is 0.261 e. The van der Waals surface area contributed by atoms with Crippen LogP contribution in [0.1, 0.15) is 27.1 Å². The number of thiocarbonyl (C=S) groups is 1. The van der Waals surface area contributed by atoms with E-state index in [2.05, 4.69) is 26.6 Å². The zero-order chi connectivity index (χ0) is 18.7. The maximum absolute atomic E-state index is 12.3. The smallest absolute Gasteiger partial charge is 0.261 e. The quantitative estimate of drug-likeness (QED) is 0.574. The number of amides is 3. The number of nitrogens with zero attached hydrogens (tertiary/aromatic N) is 1. The Hall–Kier alpha value is -2.58. The molecule has 6 nitrogen and oxygen atoms in total. The van der Waals surface area contributed by atoms with Crippen LogP contribution in [0, 0.1) is 0 Å². The van der Waals surface area contributed by atoms with E-state index in [1.54, 1.807) is 30.3 Å². The molecule has 0 unspecified atom stereocenters. The highest BCUT2D eigenvalue weighted by atomic mass is 79.9. The number of fused-ring (bicyclic) bond motifs is 1. The molecule has 8 heteroatoms. The summed E-state index contributed by atoms with van der Waals surface area (Å²) in [6, 6.07) is 14.0. The Morgan fingerprint density at radius 2 is 1.58 bits per heavy atom. The number of carbonyl (C=O) groups is 3. The fourth-order valence-electron chi connectivity index (χ4n) is 2.56. The van der Waals surface area contributed by atoms with Crippen LogP contribution in [-0.4, -0.2) is 34.3 Å². The van der Waals surface area contributed by atoms with Crippen LogP contribution < -0.4 is 10.6 Å². The molecule has 26 heavy (non-hydrogen) atoms. The number of rotatable bonds is 4. The van der Waals surface area contributed by atoms with Gasteiger partial charge < -0.3 is 10.6 Å². The minimum atomic E-state index is -0.383. The van der Waals surface area contributed by atoms with Crippen LogP contribution in [0.4, 0.5) is 5.69 Å². The Kier molecular flexibility index (Phi) is 5.43. The normalized spacial score (nSPS) is 12.7. The SMILES string of the molecule is O=C(CCN1C(=O)c2ccccc2C1=O)NC(=S)Nc1ccccc1Br. The van der Waals surface area contributed by atoms with Crippen LogP contribution >= 0.6 is 28.1 Å². The first kappa shape index (κ1) is 18.2. The second-order valence-electron chi connectivity index (χ2n) is 5.54. The summed E-state index contributed by atoms with van der Waals surface area (Å²) >= 11 is 8.49. The van der Waals surface area contributed by atoms with Crippen molar-refractivity contribution in [2.24, 2.45) is 0 Å². The molecule has 132 valence electrons. The second-order valence-corrected chi connectivity index (χ2v) is 6.80. The molecule has 2 aromatic carbocycles. The number of para-hydroxylation sites is 1. The van der Waals surface area contributed by atoms with E-state index in [1.165, 1.54) is 0 Å². The Bertz CT molecular complexity index is 881. The summed E-state index contributed by atoms with van der Waals surface area (Å²) in [5, 5.41) is 5.59. The molecule has 0 saturated heterocycles. The van der Waals surface area contributed by atoms with Crippen molar-refractivity contribution in [3.05, 3.63) is 64.1 Å². The lowest BCUT2D eigenvalue weighted by molar-refractivity contribution is -0.119. The van der Waals surface area contributed by atoms with Crippen molar-refractivity contribution in [3.63, 3.8) is 0 Å². The Morgan fingerprint density at radius 1 is 1.00 bits per heavy atom. The van der Waals surface area contributed by atoms with Gasteiger partial charge in [-0.2, -0.15) is 0 Å². The summed E-state index contributed by atoms with van der Waals surface area (Å²) in [4.78, 5) is 37.7. The van der Waals surface area contributed by atoms with Crippen molar-refractivity contribution in [2.75, 3.05) is 11.9 Å². The van der Waals surface area contributed by atoms with Gasteiger partial charge in [-0.05, 0) is 52.4 Å². The zero-order valence-electron chi connectivity index (χ0n) is 13.5. The number of hydrogen-bond acceptors (Lipinski definition) is 4. The molecule has 0 atom stereocenters. The summed E-state index contributed by atoms with van der Waals surface area (Å²) in [6.07, 6.45) is -0.0384. The number of hydrogen-bond donors (Lipinski definition) is 2. The molecular weight excluding hydrogens is 418 g/mol. The van der Waals surface area contributed by atoms with Crippen LogP contribution in [0.2, 0.25) is 0 Å². The Balaban J connectivity index is 1.53. The average Bonchev–Trinajstić information content (AvgIpc) is 2.86. The molecule has 1 aliphatic rings. The van der Waals surface area contributed by atoms with Gasteiger partial charge >= 0.3 is 0 Å². The van der Waals surface area contributed by atoms with Gasteiger partial charge in [0.1, 0.15) is 0 Å². The predicted molar refractivity (Wildman–Crippen MR) is 105 cm³/mol. The minimum absolute atomic E-state index is 0.00414. The summed E-state index contributed by atoms with van der Waals surface area (Å²) in [6.45, 7) is -0.00414. The van der Waals surface area contributed by atoms with Crippen molar-refractivity contribution < 1.29 is 14.4 Å². The first-order valence-corrected chi connectivity index (χ1v) is 8.98. The lowest BCUT2D eigenvalue weighted by Gasteiger charge is -2.14. The third kappa shape index (κ3) is 3.81. The van der Waals surface area contributed by atoms with Gasteiger partial charge in [0, 0.05) is 17.4 Å². The molecular formula is C18H14BrN3O3S. The minimum Gasteiger partial charge on any atom is -0.331 e. The van der Waals surface area contributed by atoms with E-state index in [1.807, 2.05) is 18.2 Å². The van der Waals surface area contributed by atoms with Gasteiger partial charge in [0.05, 0.1) is 16.8 Å². The molecule has 2 aromatic rings. The van der Waals surface area contributed by atoms with E-state index in [4.69, 9.17) is 12.2 Å². The first-order chi connectivity index (χ1) is 12.5. The van der Waals surface area contributed by atoms with E-state index >= 15 is 0 Å². The highest BCUT2D eigenvalue weighted by molar-refractivity contribution is 9.10. The van der Waals surface area contributed by atoms with Gasteiger partial charge in [-0.3, -0.25) is 19.3 Å². The van der Waals surface area contributed by atoms with Crippen molar-refractivity contribution in [2.45, 2.75) is 6.42 Å². The Labute approximate surface area is 163 Å². The zero-order valence-corrected chi connectivity index (χ0v) is 15.9. The molecule has 3 rings (SSSR count). The van der Waals surface area contributed by atoms with Crippen molar-refractivity contribution in [3.8, 4) is 0 Å². The number of nitrogens with one attached hydrogen (secondary N) is 2. The fourth-order valence-corrected chi connectivity index (χ4v) is 3.17. The summed E-state index contributed by atoms with van der Waals surface area (Å²) in [7, 11) is 0. The van der Waals surface area contributed by atoms with Crippen LogP contribution in [0.3, 0.4) is 0 Å². The number of anilines is 1. The number of carbonyl (C=O) groups excluding carboxylic acids is 3. The third-order valence-corrected chi connectivity index (χ3v) is 4.71. The van der Waals surface area contributed by atoms with Gasteiger partial charge in [-0.25, -0.2) is 0 Å². The number of imide groups is 1. The van der Waals surface area contributed by atoms with Gasteiger partial charge in [0.2, 0.25) is 5.91 Å². The van der Waals surface area contributed by atoms with E-state index in [9.17, 15) is 14.4 Å². The maximum atomic E-state index is 12.3. The fraction of sp³-hybridized carbons (Fsp3) is 0.111. The average molecular weight is 432 g/mol. The van der Waals surface area contributed by atoms with Gasteiger partial charge in [0.25, 0.3) is 11.8 Å². The molecule has 1 heterocycles. The van der Waals surface area contributed by atoms with Crippen molar-refractivity contribution in [1.82, 2.24) is 10.2 Å². The molecule has 0 aromatic heterocycles. The topological polar surface area (TPSA) is 78.5 Å².